The molecule has 0 aliphatic carbocycles. The number of fused-ring (bicyclic) bond motifs is 2. The summed E-state index contributed by atoms with van der Waals surface area (Å²) in [5.74, 6) is 3.64. The molecule has 0 N–H and O–H groups in total. The van der Waals surface area contributed by atoms with Gasteiger partial charge in [-0.25, -0.2) is 15.0 Å². The van der Waals surface area contributed by atoms with Crippen molar-refractivity contribution in [1.29, 1.82) is 0 Å². The minimum Gasteiger partial charge on any atom is -0.457 e. The largest absolute Gasteiger partial charge is 0.457 e. The fraction of sp³-hybridized carbons (Fsp3) is 0.0217. The molecule has 7 aromatic carbocycles. The van der Waals surface area contributed by atoms with E-state index >= 15 is 0 Å². The van der Waals surface area contributed by atoms with Gasteiger partial charge in [0.15, 0.2) is 17.5 Å². The van der Waals surface area contributed by atoms with Gasteiger partial charge in [0, 0.05) is 27.8 Å². The summed E-state index contributed by atoms with van der Waals surface area (Å²) in [5, 5.41) is 0. The number of benzene rings is 7. The summed E-state index contributed by atoms with van der Waals surface area (Å²) in [5.41, 5.74) is 9.03. The molecule has 0 unspecified atom stereocenters. The van der Waals surface area contributed by atoms with E-state index in [1.165, 1.54) is 11.1 Å². The first kappa shape index (κ1) is 29.5. The fourth-order valence-electron chi connectivity index (χ4n) is 7.14. The molecule has 4 heteroatoms. The highest BCUT2D eigenvalue weighted by molar-refractivity contribution is 5.76. The van der Waals surface area contributed by atoms with E-state index in [-0.39, 0.29) is 0 Å². The highest BCUT2D eigenvalue weighted by Crippen LogP contribution is 2.55. The first-order valence-electron chi connectivity index (χ1n) is 16.8. The zero-order valence-corrected chi connectivity index (χ0v) is 27.1. The molecule has 9 rings (SSSR count). The molecule has 50 heavy (non-hydrogen) atoms. The van der Waals surface area contributed by atoms with Crippen LogP contribution in [-0.2, 0) is 5.41 Å². The topological polar surface area (TPSA) is 47.9 Å². The summed E-state index contributed by atoms with van der Waals surface area (Å²) < 4.78 is 6.62. The van der Waals surface area contributed by atoms with Crippen LogP contribution in [0.2, 0.25) is 0 Å². The number of hydrogen-bond donors (Lipinski definition) is 0. The molecule has 0 fully saturated rings. The Bertz CT molecular complexity index is 2330. The van der Waals surface area contributed by atoms with E-state index in [0.717, 1.165) is 50.4 Å². The highest BCUT2D eigenvalue weighted by atomic mass is 16.5. The second-order valence-corrected chi connectivity index (χ2v) is 12.4. The van der Waals surface area contributed by atoms with Crippen LogP contribution in [0.15, 0.2) is 188 Å². The zero-order chi connectivity index (χ0) is 33.3. The monoisotopic (exact) mass is 641 g/mol. The molecule has 1 aliphatic rings. The second-order valence-electron chi connectivity index (χ2n) is 12.4. The van der Waals surface area contributed by atoms with Crippen molar-refractivity contribution >= 4 is 0 Å². The van der Waals surface area contributed by atoms with Crippen molar-refractivity contribution in [2.45, 2.75) is 5.41 Å². The molecule has 0 saturated carbocycles. The van der Waals surface area contributed by atoms with Gasteiger partial charge in [-0.3, -0.25) is 0 Å². The summed E-state index contributed by atoms with van der Waals surface area (Å²) in [6, 6.07) is 65.1. The molecule has 1 aromatic heterocycles. The number of rotatable bonds is 6. The molecule has 0 saturated heterocycles. The number of aromatic nitrogens is 3. The van der Waals surface area contributed by atoms with E-state index in [1.807, 2.05) is 66.7 Å². The molecule has 2 heterocycles. The van der Waals surface area contributed by atoms with Crippen LogP contribution in [0.3, 0.4) is 0 Å². The third kappa shape index (κ3) is 5.06. The number of nitrogens with zero attached hydrogens (tertiary/aromatic N) is 3. The summed E-state index contributed by atoms with van der Waals surface area (Å²) >= 11 is 0. The molecule has 0 amide bonds. The van der Waals surface area contributed by atoms with Gasteiger partial charge >= 0.3 is 0 Å². The molecule has 0 spiro atoms. The third-order valence-corrected chi connectivity index (χ3v) is 9.48. The van der Waals surface area contributed by atoms with Crippen LogP contribution in [0.4, 0.5) is 0 Å². The Hall–Kier alpha value is -6.65. The Labute approximate surface area is 291 Å². The van der Waals surface area contributed by atoms with Crippen molar-refractivity contribution in [3.8, 4) is 56.8 Å². The van der Waals surface area contributed by atoms with E-state index in [1.54, 1.807) is 0 Å². The van der Waals surface area contributed by atoms with Gasteiger partial charge in [0.25, 0.3) is 0 Å². The van der Waals surface area contributed by atoms with Crippen LogP contribution < -0.4 is 4.74 Å². The summed E-state index contributed by atoms with van der Waals surface area (Å²) in [4.78, 5) is 14.7. The molecule has 0 radical (unpaired) electrons. The van der Waals surface area contributed by atoms with Crippen LogP contribution in [0.1, 0.15) is 22.3 Å². The van der Waals surface area contributed by atoms with Gasteiger partial charge in [-0.2, -0.15) is 0 Å². The smallest absolute Gasteiger partial charge is 0.164 e. The quantitative estimate of drug-likeness (QED) is 0.181. The van der Waals surface area contributed by atoms with Gasteiger partial charge < -0.3 is 4.74 Å². The number of hydrogen-bond acceptors (Lipinski definition) is 4. The van der Waals surface area contributed by atoms with E-state index in [9.17, 15) is 0 Å². The van der Waals surface area contributed by atoms with Crippen LogP contribution in [-0.4, -0.2) is 15.0 Å². The average Bonchev–Trinajstić information content (AvgIpc) is 3.21. The molecule has 8 aromatic rings. The average molecular weight is 642 g/mol. The predicted molar refractivity (Wildman–Crippen MR) is 200 cm³/mol. The van der Waals surface area contributed by atoms with E-state index in [2.05, 4.69) is 121 Å². The van der Waals surface area contributed by atoms with Crippen molar-refractivity contribution in [2.75, 3.05) is 0 Å². The van der Waals surface area contributed by atoms with E-state index < -0.39 is 5.41 Å². The van der Waals surface area contributed by atoms with Gasteiger partial charge in [-0.05, 0) is 40.5 Å². The highest BCUT2D eigenvalue weighted by Gasteiger charge is 2.45. The second kappa shape index (κ2) is 12.4. The van der Waals surface area contributed by atoms with Crippen molar-refractivity contribution in [3.63, 3.8) is 0 Å². The Morgan fingerprint density at radius 3 is 1.26 bits per heavy atom. The zero-order valence-electron chi connectivity index (χ0n) is 27.1. The number of para-hydroxylation sites is 1. The molecule has 0 bridgehead atoms. The van der Waals surface area contributed by atoms with Crippen molar-refractivity contribution in [1.82, 2.24) is 15.0 Å². The van der Waals surface area contributed by atoms with Crippen molar-refractivity contribution < 1.29 is 4.74 Å². The van der Waals surface area contributed by atoms with E-state index in [0.29, 0.717) is 17.5 Å². The van der Waals surface area contributed by atoms with Crippen molar-refractivity contribution in [3.05, 3.63) is 210 Å². The van der Waals surface area contributed by atoms with Gasteiger partial charge in [0.2, 0.25) is 0 Å². The minimum atomic E-state index is -0.574. The molecular weight excluding hydrogens is 611 g/mol. The maximum Gasteiger partial charge on any atom is 0.164 e. The summed E-state index contributed by atoms with van der Waals surface area (Å²) in [7, 11) is 0. The fourth-order valence-corrected chi connectivity index (χ4v) is 7.14. The SMILES string of the molecule is c1ccc(-c2nc(-c3ccccc3)nc(-c3ccc(-c4ccc5c(c4)C(c4ccccc4)(c4ccccc4)c4ccccc4O5)cc3)n2)cc1. The van der Waals surface area contributed by atoms with E-state index in [4.69, 9.17) is 19.7 Å². The molecule has 0 atom stereocenters. The third-order valence-electron chi connectivity index (χ3n) is 9.48. The Morgan fingerprint density at radius 2 is 0.720 bits per heavy atom. The van der Waals surface area contributed by atoms with Crippen LogP contribution in [0, 0.1) is 0 Å². The molecule has 1 aliphatic heterocycles. The first-order valence-corrected chi connectivity index (χ1v) is 16.8. The normalized spacial score (nSPS) is 12.7. The standard InChI is InChI=1S/C46H31N3O/c1-5-15-33(16-6-1)43-47-44(34-17-7-2-8-18-34)49-45(48-43)35-27-25-32(26-28-35)36-29-30-42-40(31-36)46(37-19-9-3-10-20-37,38-21-11-4-12-22-38)39-23-13-14-24-41(39)50-42/h1-31H. The molecular formula is C46H31N3O. The van der Waals surface area contributed by atoms with Gasteiger partial charge in [-0.1, -0.05) is 170 Å². The Balaban J connectivity index is 1.17. The lowest BCUT2D eigenvalue weighted by Crippen LogP contribution is -2.34. The maximum atomic E-state index is 6.62. The van der Waals surface area contributed by atoms with Gasteiger partial charge in [0.1, 0.15) is 11.5 Å². The predicted octanol–water partition coefficient (Wildman–Crippen LogP) is 11.0. The van der Waals surface area contributed by atoms with Crippen LogP contribution in [0.5, 0.6) is 11.5 Å². The molecule has 236 valence electrons. The Kier molecular flexibility index (Phi) is 7.33. The van der Waals surface area contributed by atoms with Crippen molar-refractivity contribution in [2.24, 2.45) is 0 Å². The lowest BCUT2D eigenvalue weighted by molar-refractivity contribution is 0.434. The van der Waals surface area contributed by atoms with Gasteiger partial charge in [-0.15, -0.1) is 0 Å². The summed E-state index contributed by atoms with van der Waals surface area (Å²) in [6.07, 6.45) is 0. The van der Waals surface area contributed by atoms with Crippen LogP contribution >= 0.6 is 0 Å². The Morgan fingerprint density at radius 1 is 0.320 bits per heavy atom. The van der Waals surface area contributed by atoms with Crippen LogP contribution in [0.25, 0.3) is 45.3 Å². The molecule has 4 nitrogen and oxygen atoms in total. The first-order chi connectivity index (χ1) is 24.8. The van der Waals surface area contributed by atoms with Gasteiger partial charge in [0.05, 0.1) is 5.41 Å². The lowest BCUT2D eigenvalue weighted by atomic mass is 9.63. The lowest BCUT2D eigenvalue weighted by Gasteiger charge is -2.41. The number of ether oxygens (including phenoxy) is 1. The minimum absolute atomic E-state index is 0.574. The summed E-state index contributed by atoms with van der Waals surface area (Å²) in [6.45, 7) is 0. The maximum absolute atomic E-state index is 6.62.